The summed E-state index contributed by atoms with van der Waals surface area (Å²) in [6.07, 6.45) is 2.03. The lowest BCUT2D eigenvalue weighted by Crippen LogP contribution is -1.97. The van der Waals surface area contributed by atoms with Gasteiger partial charge in [0.05, 0.1) is 0 Å². The van der Waals surface area contributed by atoms with Crippen molar-refractivity contribution in [2.45, 2.75) is 12.8 Å². The third-order valence-electron chi connectivity index (χ3n) is 1.83. The van der Waals surface area contributed by atoms with E-state index in [0.29, 0.717) is 18.4 Å². The number of benzene rings is 1. The van der Waals surface area contributed by atoms with E-state index in [1.54, 1.807) is 18.2 Å². The van der Waals surface area contributed by atoms with Crippen molar-refractivity contribution in [2.75, 3.05) is 0 Å². The van der Waals surface area contributed by atoms with Crippen molar-refractivity contribution < 1.29 is 9.18 Å². The molecule has 0 radical (unpaired) electrons. The predicted molar refractivity (Wildman–Crippen MR) is 49.9 cm³/mol. The van der Waals surface area contributed by atoms with Gasteiger partial charge in [0.25, 0.3) is 0 Å². The van der Waals surface area contributed by atoms with Crippen LogP contribution in [0.15, 0.2) is 36.9 Å². The number of allylic oxidation sites excluding steroid dienone is 1. The van der Waals surface area contributed by atoms with E-state index in [9.17, 15) is 9.18 Å². The number of aryl methyl sites for hydroxylation is 1. The van der Waals surface area contributed by atoms with Gasteiger partial charge < -0.3 is 0 Å². The summed E-state index contributed by atoms with van der Waals surface area (Å²) >= 11 is 0. The predicted octanol–water partition coefficient (Wildman–Crippen LogP) is 2.51. The molecule has 2 heteroatoms. The van der Waals surface area contributed by atoms with E-state index >= 15 is 0 Å². The fourth-order valence-corrected chi connectivity index (χ4v) is 1.06. The molecule has 0 unspecified atom stereocenters. The molecule has 0 heterocycles. The van der Waals surface area contributed by atoms with Gasteiger partial charge in [0, 0.05) is 6.42 Å². The van der Waals surface area contributed by atoms with Crippen LogP contribution in [0.1, 0.15) is 12.0 Å². The van der Waals surface area contributed by atoms with Gasteiger partial charge in [0.1, 0.15) is 5.82 Å². The topological polar surface area (TPSA) is 17.1 Å². The molecule has 0 aliphatic rings. The maximum Gasteiger partial charge on any atom is 0.155 e. The van der Waals surface area contributed by atoms with Gasteiger partial charge >= 0.3 is 0 Å². The summed E-state index contributed by atoms with van der Waals surface area (Å²) in [5.74, 6) is -0.303. The van der Waals surface area contributed by atoms with Gasteiger partial charge in [-0.1, -0.05) is 24.8 Å². The molecular formula is C11H11FO. The Kier molecular flexibility index (Phi) is 3.38. The molecule has 1 rings (SSSR count). The number of halogens is 1. The van der Waals surface area contributed by atoms with E-state index < -0.39 is 0 Å². The molecule has 0 amide bonds. The fourth-order valence-electron chi connectivity index (χ4n) is 1.06. The summed E-state index contributed by atoms with van der Waals surface area (Å²) in [6, 6.07) is 6.48. The lowest BCUT2D eigenvalue weighted by molar-refractivity contribution is -0.114. The maximum absolute atomic E-state index is 13.0. The molecule has 0 N–H and O–H groups in total. The molecule has 0 aromatic heterocycles. The summed E-state index contributed by atoms with van der Waals surface area (Å²) < 4.78 is 13.0. The van der Waals surface area contributed by atoms with Gasteiger partial charge in [-0.2, -0.15) is 0 Å². The standard InChI is InChI=1S/C11H11FO/c1-2-10(13)8-7-9-5-3-4-6-11(9)12/h2-6H,1,7-8H2. The zero-order valence-electron chi connectivity index (χ0n) is 7.29. The molecule has 1 aromatic rings. The minimum absolute atomic E-state index is 0.0525. The second-order valence-corrected chi connectivity index (χ2v) is 2.76. The van der Waals surface area contributed by atoms with Crippen LogP contribution in [0.25, 0.3) is 0 Å². The molecule has 0 spiro atoms. The number of carbonyl (C=O) groups is 1. The van der Waals surface area contributed by atoms with Crippen molar-refractivity contribution in [2.24, 2.45) is 0 Å². The molecule has 0 fully saturated rings. The van der Waals surface area contributed by atoms with Gasteiger partial charge in [0.2, 0.25) is 0 Å². The first-order valence-corrected chi connectivity index (χ1v) is 4.12. The zero-order chi connectivity index (χ0) is 9.68. The molecule has 68 valence electrons. The van der Waals surface area contributed by atoms with Gasteiger partial charge in [-0.3, -0.25) is 4.79 Å². The van der Waals surface area contributed by atoms with Crippen molar-refractivity contribution in [1.82, 2.24) is 0 Å². The van der Waals surface area contributed by atoms with E-state index in [1.165, 1.54) is 12.1 Å². The van der Waals surface area contributed by atoms with Crippen LogP contribution in [0, 0.1) is 5.82 Å². The van der Waals surface area contributed by atoms with Gasteiger partial charge in [-0.15, -0.1) is 0 Å². The van der Waals surface area contributed by atoms with Crippen LogP contribution in [0.4, 0.5) is 4.39 Å². The van der Waals surface area contributed by atoms with Crippen LogP contribution in [-0.4, -0.2) is 5.78 Å². The summed E-state index contributed by atoms with van der Waals surface area (Å²) in [5, 5.41) is 0. The third kappa shape index (κ3) is 2.82. The number of hydrogen-bond acceptors (Lipinski definition) is 1. The molecule has 0 aliphatic carbocycles. The Hall–Kier alpha value is -1.44. The summed E-state index contributed by atoms with van der Waals surface area (Å²) in [7, 11) is 0. The Bertz CT molecular complexity index is 318. The monoisotopic (exact) mass is 178 g/mol. The number of carbonyl (C=O) groups excluding carboxylic acids is 1. The van der Waals surface area contributed by atoms with E-state index in [4.69, 9.17) is 0 Å². The summed E-state index contributed by atoms with van der Waals surface area (Å²) in [4.78, 5) is 10.9. The smallest absolute Gasteiger partial charge is 0.155 e. The Labute approximate surface area is 76.9 Å². The lowest BCUT2D eigenvalue weighted by atomic mass is 10.1. The van der Waals surface area contributed by atoms with Gasteiger partial charge in [0.15, 0.2) is 5.78 Å². The second-order valence-electron chi connectivity index (χ2n) is 2.76. The lowest BCUT2D eigenvalue weighted by Gasteiger charge is -1.99. The molecular weight excluding hydrogens is 167 g/mol. The normalized spacial score (nSPS) is 9.62. The first-order valence-electron chi connectivity index (χ1n) is 4.12. The van der Waals surface area contributed by atoms with E-state index in [2.05, 4.69) is 6.58 Å². The van der Waals surface area contributed by atoms with E-state index in [1.807, 2.05) is 0 Å². The van der Waals surface area contributed by atoms with Gasteiger partial charge in [-0.25, -0.2) is 4.39 Å². The quantitative estimate of drug-likeness (QED) is 0.647. The van der Waals surface area contributed by atoms with Crippen LogP contribution >= 0.6 is 0 Å². The zero-order valence-corrected chi connectivity index (χ0v) is 7.29. The second kappa shape index (κ2) is 4.55. The van der Waals surface area contributed by atoms with Crippen molar-refractivity contribution in [3.63, 3.8) is 0 Å². The molecule has 0 saturated carbocycles. The van der Waals surface area contributed by atoms with Crippen molar-refractivity contribution in [3.05, 3.63) is 48.3 Å². The highest BCUT2D eigenvalue weighted by Crippen LogP contribution is 2.08. The van der Waals surface area contributed by atoms with Crippen LogP contribution in [0.2, 0.25) is 0 Å². The van der Waals surface area contributed by atoms with E-state index in [-0.39, 0.29) is 11.6 Å². The molecule has 1 nitrogen and oxygen atoms in total. The Morgan fingerprint density at radius 3 is 2.77 bits per heavy atom. The van der Waals surface area contributed by atoms with Gasteiger partial charge in [-0.05, 0) is 24.1 Å². The minimum Gasteiger partial charge on any atom is -0.295 e. The Morgan fingerprint density at radius 1 is 1.46 bits per heavy atom. The number of rotatable bonds is 4. The third-order valence-corrected chi connectivity index (χ3v) is 1.83. The molecule has 0 bridgehead atoms. The summed E-state index contributed by atoms with van der Waals surface area (Å²) in [5.41, 5.74) is 0.581. The highest BCUT2D eigenvalue weighted by Gasteiger charge is 2.02. The average Bonchev–Trinajstić information content (AvgIpc) is 2.16. The number of hydrogen-bond donors (Lipinski definition) is 0. The molecule has 0 atom stereocenters. The van der Waals surface area contributed by atoms with Crippen LogP contribution in [0.3, 0.4) is 0 Å². The fraction of sp³-hybridized carbons (Fsp3) is 0.182. The Morgan fingerprint density at radius 2 is 2.15 bits per heavy atom. The van der Waals surface area contributed by atoms with Crippen molar-refractivity contribution >= 4 is 5.78 Å². The average molecular weight is 178 g/mol. The highest BCUT2D eigenvalue weighted by atomic mass is 19.1. The number of ketones is 1. The Balaban J connectivity index is 2.59. The minimum atomic E-state index is -0.251. The van der Waals surface area contributed by atoms with Crippen LogP contribution in [-0.2, 0) is 11.2 Å². The first kappa shape index (κ1) is 9.65. The SMILES string of the molecule is C=CC(=O)CCc1ccccc1F. The summed E-state index contributed by atoms with van der Waals surface area (Å²) in [6.45, 7) is 3.35. The van der Waals surface area contributed by atoms with Crippen molar-refractivity contribution in [3.8, 4) is 0 Å². The molecule has 0 aliphatic heterocycles. The van der Waals surface area contributed by atoms with Crippen LogP contribution < -0.4 is 0 Å². The first-order chi connectivity index (χ1) is 6.24. The highest BCUT2D eigenvalue weighted by molar-refractivity contribution is 5.89. The largest absolute Gasteiger partial charge is 0.295 e. The van der Waals surface area contributed by atoms with Crippen molar-refractivity contribution in [1.29, 1.82) is 0 Å². The molecule has 1 aromatic carbocycles. The molecule has 13 heavy (non-hydrogen) atoms. The maximum atomic E-state index is 13.0. The molecule has 0 saturated heterocycles. The van der Waals surface area contributed by atoms with E-state index in [0.717, 1.165) is 0 Å². The van der Waals surface area contributed by atoms with Crippen LogP contribution in [0.5, 0.6) is 0 Å².